The average molecular weight is 374 g/mol. The number of hydrogen-bond acceptors (Lipinski definition) is 4. The van der Waals surface area contributed by atoms with Crippen molar-refractivity contribution in [2.45, 2.75) is 51.9 Å². The van der Waals surface area contributed by atoms with Crippen molar-refractivity contribution in [2.24, 2.45) is 5.92 Å². The largest absolute Gasteiger partial charge is 0.445 e. The maximum absolute atomic E-state index is 12.4. The van der Waals surface area contributed by atoms with Gasteiger partial charge < -0.3 is 19.7 Å². The lowest BCUT2D eigenvalue weighted by Gasteiger charge is -2.30. The highest BCUT2D eigenvalue weighted by atomic mass is 16.6. The van der Waals surface area contributed by atoms with Gasteiger partial charge in [-0.15, -0.1) is 6.58 Å². The SMILES string of the molecule is C=CC[C@@H]1[C@H](CNC(=O)OCc2ccccc2)CCN1C(=O)OC(C)(C)C. The predicted octanol–water partition coefficient (Wildman–Crippen LogP) is 4.11. The molecule has 0 saturated carbocycles. The van der Waals surface area contributed by atoms with Gasteiger partial charge in [-0.1, -0.05) is 36.4 Å². The van der Waals surface area contributed by atoms with Gasteiger partial charge in [0.25, 0.3) is 0 Å². The molecule has 1 aromatic rings. The Morgan fingerprint density at radius 2 is 2.00 bits per heavy atom. The van der Waals surface area contributed by atoms with Crippen LogP contribution in [0.2, 0.25) is 0 Å². The Bertz CT molecular complexity index is 639. The summed E-state index contributed by atoms with van der Waals surface area (Å²) in [5.74, 6) is 0.139. The van der Waals surface area contributed by atoms with Crippen LogP contribution in [0.1, 0.15) is 39.2 Å². The number of hydrogen-bond donors (Lipinski definition) is 1. The second-order valence-corrected chi connectivity index (χ2v) is 7.76. The van der Waals surface area contributed by atoms with Gasteiger partial charge in [0.1, 0.15) is 12.2 Å². The molecular weight excluding hydrogens is 344 g/mol. The van der Waals surface area contributed by atoms with Crippen molar-refractivity contribution in [1.82, 2.24) is 10.2 Å². The third-order valence-corrected chi connectivity index (χ3v) is 4.44. The summed E-state index contributed by atoms with van der Waals surface area (Å²) >= 11 is 0. The highest BCUT2D eigenvalue weighted by Crippen LogP contribution is 2.28. The second kappa shape index (κ2) is 9.44. The fourth-order valence-electron chi connectivity index (χ4n) is 3.18. The van der Waals surface area contributed by atoms with E-state index in [1.165, 1.54) is 0 Å². The van der Waals surface area contributed by atoms with Crippen LogP contribution >= 0.6 is 0 Å². The summed E-state index contributed by atoms with van der Waals surface area (Å²) in [5.41, 5.74) is 0.405. The third kappa shape index (κ3) is 6.62. The van der Waals surface area contributed by atoms with Gasteiger partial charge in [0.05, 0.1) is 0 Å². The number of nitrogens with one attached hydrogen (secondary N) is 1. The molecule has 1 aliphatic heterocycles. The van der Waals surface area contributed by atoms with Crippen molar-refractivity contribution < 1.29 is 19.1 Å². The van der Waals surface area contributed by atoms with Crippen molar-refractivity contribution in [3.05, 3.63) is 48.6 Å². The molecule has 0 aromatic heterocycles. The van der Waals surface area contributed by atoms with Gasteiger partial charge in [0.2, 0.25) is 0 Å². The number of likely N-dealkylation sites (tertiary alicyclic amines) is 1. The van der Waals surface area contributed by atoms with Gasteiger partial charge in [0, 0.05) is 19.1 Å². The molecule has 1 aliphatic rings. The molecule has 1 saturated heterocycles. The molecule has 6 heteroatoms. The molecule has 148 valence electrons. The van der Waals surface area contributed by atoms with Crippen molar-refractivity contribution in [3.8, 4) is 0 Å². The van der Waals surface area contributed by atoms with Gasteiger partial charge in [0.15, 0.2) is 0 Å². The number of amides is 2. The Morgan fingerprint density at radius 1 is 1.30 bits per heavy atom. The maximum Gasteiger partial charge on any atom is 0.410 e. The summed E-state index contributed by atoms with van der Waals surface area (Å²) in [6.07, 6.45) is 2.49. The van der Waals surface area contributed by atoms with Crippen LogP contribution in [0.5, 0.6) is 0 Å². The lowest BCUT2D eigenvalue weighted by Crippen LogP contribution is -2.43. The molecule has 0 unspecified atom stereocenters. The maximum atomic E-state index is 12.4. The Morgan fingerprint density at radius 3 is 2.63 bits per heavy atom. The van der Waals surface area contributed by atoms with Gasteiger partial charge >= 0.3 is 12.2 Å². The summed E-state index contributed by atoms with van der Waals surface area (Å²) in [6.45, 7) is 10.6. The van der Waals surface area contributed by atoms with E-state index in [1.54, 1.807) is 11.0 Å². The minimum atomic E-state index is -0.534. The molecule has 2 rings (SSSR count). The molecule has 0 aliphatic carbocycles. The summed E-state index contributed by atoms with van der Waals surface area (Å²) in [5, 5.41) is 2.82. The highest BCUT2D eigenvalue weighted by molar-refractivity contribution is 5.69. The first-order chi connectivity index (χ1) is 12.8. The quantitative estimate of drug-likeness (QED) is 0.761. The fourth-order valence-corrected chi connectivity index (χ4v) is 3.18. The Hall–Kier alpha value is -2.50. The number of rotatable bonds is 6. The smallest absolute Gasteiger partial charge is 0.410 e. The molecule has 6 nitrogen and oxygen atoms in total. The van der Waals surface area contributed by atoms with Crippen LogP contribution in [-0.2, 0) is 16.1 Å². The molecule has 1 heterocycles. The zero-order chi connectivity index (χ0) is 19.9. The van der Waals surface area contributed by atoms with Crippen molar-refractivity contribution >= 4 is 12.2 Å². The fraction of sp³-hybridized carbons (Fsp3) is 0.524. The molecule has 1 aromatic carbocycles. The summed E-state index contributed by atoms with van der Waals surface area (Å²) in [4.78, 5) is 26.2. The van der Waals surface area contributed by atoms with Gasteiger partial charge in [-0.25, -0.2) is 9.59 Å². The number of benzene rings is 1. The standard InChI is InChI=1S/C21H30N2O4/c1-5-9-18-17(12-13-23(18)20(25)27-21(2,3)4)14-22-19(24)26-15-16-10-7-6-8-11-16/h5-8,10-11,17-18H,1,9,12-15H2,2-4H3,(H,22,24)/t17-,18+/m0/s1. The molecule has 1 N–H and O–H groups in total. The average Bonchev–Trinajstić information content (AvgIpc) is 3.01. The molecular formula is C21H30N2O4. The molecule has 2 amide bonds. The van der Waals surface area contributed by atoms with Crippen LogP contribution in [0, 0.1) is 5.92 Å². The first kappa shape index (κ1) is 20.8. The Balaban J connectivity index is 1.84. The van der Waals surface area contributed by atoms with E-state index >= 15 is 0 Å². The monoisotopic (exact) mass is 374 g/mol. The highest BCUT2D eigenvalue weighted by Gasteiger charge is 2.38. The third-order valence-electron chi connectivity index (χ3n) is 4.44. The number of carbonyl (C=O) groups excluding carboxylic acids is 2. The lowest BCUT2D eigenvalue weighted by atomic mass is 9.97. The number of alkyl carbamates (subject to hydrolysis) is 1. The van der Waals surface area contributed by atoms with E-state index in [-0.39, 0.29) is 24.7 Å². The molecule has 1 fully saturated rings. The second-order valence-electron chi connectivity index (χ2n) is 7.76. The van der Waals surface area contributed by atoms with Crippen LogP contribution in [0.15, 0.2) is 43.0 Å². The molecule has 27 heavy (non-hydrogen) atoms. The lowest BCUT2D eigenvalue weighted by molar-refractivity contribution is 0.0210. The molecule has 2 atom stereocenters. The number of nitrogens with zero attached hydrogens (tertiary/aromatic N) is 1. The van der Waals surface area contributed by atoms with Crippen molar-refractivity contribution in [2.75, 3.05) is 13.1 Å². The number of ether oxygens (including phenoxy) is 2. The zero-order valence-corrected chi connectivity index (χ0v) is 16.4. The summed E-state index contributed by atoms with van der Waals surface area (Å²) in [7, 11) is 0. The Kier molecular flexibility index (Phi) is 7.28. The van der Waals surface area contributed by atoms with Crippen LogP contribution in [0.3, 0.4) is 0 Å². The zero-order valence-electron chi connectivity index (χ0n) is 16.4. The van der Waals surface area contributed by atoms with Crippen LogP contribution in [0.25, 0.3) is 0 Å². The first-order valence-electron chi connectivity index (χ1n) is 9.35. The topological polar surface area (TPSA) is 67.9 Å². The van der Waals surface area contributed by atoms with Gasteiger partial charge in [-0.2, -0.15) is 0 Å². The Labute approximate surface area is 161 Å². The van der Waals surface area contributed by atoms with E-state index < -0.39 is 11.7 Å². The van der Waals surface area contributed by atoms with E-state index in [4.69, 9.17) is 9.47 Å². The van der Waals surface area contributed by atoms with E-state index in [2.05, 4.69) is 11.9 Å². The van der Waals surface area contributed by atoms with Crippen LogP contribution in [-0.4, -0.2) is 41.8 Å². The minimum absolute atomic E-state index is 0.0354. The summed E-state index contributed by atoms with van der Waals surface area (Å²) < 4.78 is 10.7. The van der Waals surface area contributed by atoms with Crippen LogP contribution < -0.4 is 5.32 Å². The predicted molar refractivity (Wildman–Crippen MR) is 104 cm³/mol. The normalized spacial score (nSPS) is 19.4. The van der Waals surface area contributed by atoms with E-state index in [0.29, 0.717) is 19.5 Å². The first-order valence-corrected chi connectivity index (χ1v) is 9.35. The summed E-state index contributed by atoms with van der Waals surface area (Å²) in [6, 6.07) is 9.50. The van der Waals surface area contributed by atoms with Gasteiger partial charge in [-0.05, 0) is 45.1 Å². The van der Waals surface area contributed by atoms with E-state index in [9.17, 15) is 9.59 Å². The van der Waals surface area contributed by atoms with E-state index in [1.807, 2.05) is 51.1 Å². The molecule has 0 spiro atoms. The molecule has 0 bridgehead atoms. The molecule has 0 radical (unpaired) electrons. The van der Waals surface area contributed by atoms with Crippen LogP contribution in [0.4, 0.5) is 9.59 Å². The van der Waals surface area contributed by atoms with E-state index in [0.717, 1.165) is 12.0 Å². The van der Waals surface area contributed by atoms with Crippen molar-refractivity contribution in [3.63, 3.8) is 0 Å². The van der Waals surface area contributed by atoms with Gasteiger partial charge in [-0.3, -0.25) is 0 Å². The minimum Gasteiger partial charge on any atom is -0.445 e. The number of carbonyl (C=O) groups is 2. The van der Waals surface area contributed by atoms with Crippen molar-refractivity contribution in [1.29, 1.82) is 0 Å².